The van der Waals surface area contributed by atoms with Gasteiger partial charge in [-0.3, -0.25) is 4.79 Å². The Morgan fingerprint density at radius 1 is 1.78 bits per heavy atom. The molecule has 0 aromatic rings. The van der Waals surface area contributed by atoms with Crippen LogP contribution in [0, 0.1) is 0 Å². The van der Waals surface area contributed by atoms with E-state index in [0.29, 0.717) is 11.1 Å². The largest absolute Gasteiger partial charge is 0.378 e. The molecule has 1 aliphatic rings. The normalized spacial score (nSPS) is 32.3. The van der Waals surface area contributed by atoms with Gasteiger partial charge < -0.3 is 5.11 Å². The van der Waals surface area contributed by atoms with E-state index in [4.69, 9.17) is 5.11 Å². The maximum absolute atomic E-state index is 10.6. The number of carbonyl (C=O) groups is 1. The Morgan fingerprint density at radius 3 is 2.44 bits per heavy atom. The van der Waals surface area contributed by atoms with Crippen LogP contribution in [0.15, 0.2) is 0 Å². The molecule has 1 fully saturated rings. The summed E-state index contributed by atoms with van der Waals surface area (Å²) in [6.07, 6.45) is -0.819. The average molecular weight is 131 g/mol. The Kier molecular flexibility index (Phi) is 1.22. The highest BCUT2D eigenvalue weighted by Crippen LogP contribution is 2.03. The maximum atomic E-state index is 10.6. The summed E-state index contributed by atoms with van der Waals surface area (Å²) in [5, 5.41) is 8.91. The zero-order chi connectivity index (χ0) is 7.07. The van der Waals surface area contributed by atoms with Crippen molar-refractivity contribution in [1.29, 1.82) is 0 Å². The number of rotatable bonds is 0. The van der Waals surface area contributed by atoms with Gasteiger partial charge in [-0.25, -0.2) is 4.59 Å². The van der Waals surface area contributed by atoms with E-state index in [1.165, 1.54) is 0 Å². The summed E-state index contributed by atoms with van der Waals surface area (Å²) >= 11 is 0. The first-order valence-electron chi connectivity index (χ1n) is 2.84. The summed E-state index contributed by atoms with van der Waals surface area (Å²) in [6.45, 7) is 0.457. The first-order valence-corrected chi connectivity index (χ1v) is 2.84. The topological polar surface area (TPSA) is 49.3 Å². The first kappa shape index (κ1) is 6.51. The van der Waals surface area contributed by atoms with Crippen LogP contribution in [0.25, 0.3) is 0 Å². The van der Waals surface area contributed by atoms with Crippen molar-refractivity contribution >= 4 is 5.91 Å². The predicted octanol–water partition coefficient (Wildman–Crippen LogP) is -1.53. The lowest BCUT2D eigenvalue weighted by Crippen LogP contribution is -2.47. The minimum atomic E-state index is -0.819. The highest BCUT2D eigenvalue weighted by atomic mass is 16.3. The molecule has 1 amide bonds. The minimum Gasteiger partial charge on any atom is -0.378 e. The molecule has 0 aliphatic carbocycles. The summed E-state index contributed by atoms with van der Waals surface area (Å²) in [4.78, 5) is 10.6. The lowest BCUT2D eigenvalue weighted by molar-refractivity contribution is -0.917. The van der Waals surface area contributed by atoms with Gasteiger partial charge in [0.25, 0.3) is 5.91 Å². The third kappa shape index (κ3) is 1.20. The number of carbonyl (C=O) groups excluding carboxylic acids is 1. The Bertz CT molecular complexity index is 144. The van der Waals surface area contributed by atoms with Crippen molar-refractivity contribution in [2.45, 2.75) is 6.10 Å². The Labute approximate surface area is 53.6 Å². The van der Waals surface area contributed by atoms with Crippen molar-refractivity contribution in [2.24, 2.45) is 0 Å². The van der Waals surface area contributed by atoms with Crippen molar-refractivity contribution in [1.82, 2.24) is 5.43 Å². The number of aliphatic hydroxyl groups is 1. The molecule has 0 aromatic heterocycles. The van der Waals surface area contributed by atoms with E-state index in [0.717, 1.165) is 0 Å². The van der Waals surface area contributed by atoms with Gasteiger partial charge in [-0.05, 0) is 0 Å². The smallest absolute Gasteiger partial charge is 0.299 e. The molecule has 4 nitrogen and oxygen atoms in total. The van der Waals surface area contributed by atoms with Gasteiger partial charge >= 0.3 is 0 Å². The van der Waals surface area contributed by atoms with Crippen LogP contribution < -0.4 is 5.43 Å². The number of hydrogen-bond donors (Lipinski definition) is 2. The molecule has 1 rings (SSSR count). The number of amides is 1. The number of quaternary nitrogens is 1. The van der Waals surface area contributed by atoms with E-state index in [9.17, 15) is 4.79 Å². The second-order valence-electron chi connectivity index (χ2n) is 2.86. The molecule has 0 bridgehead atoms. The monoisotopic (exact) mass is 131 g/mol. The summed E-state index contributed by atoms with van der Waals surface area (Å²) in [6, 6.07) is 0. The Morgan fingerprint density at radius 2 is 2.33 bits per heavy atom. The highest BCUT2D eigenvalue weighted by molar-refractivity contribution is 5.80. The summed E-state index contributed by atoms with van der Waals surface area (Å²) in [5.74, 6) is -0.278. The fourth-order valence-corrected chi connectivity index (χ4v) is 0.934. The summed E-state index contributed by atoms with van der Waals surface area (Å²) in [5.41, 5.74) is 2.59. The van der Waals surface area contributed by atoms with Crippen molar-refractivity contribution in [3.8, 4) is 0 Å². The number of nitrogens with zero attached hydrogens (tertiary/aromatic N) is 1. The summed E-state index contributed by atoms with van der Waals surface area (Å²) < 4.78 is 0.375. The van der Waals surface area contributed by atoms with Gasteiger partial charge in [-0.1, -0.05) is 0 Å². The highest BCUT2D eigenvalue weighted by Gasteiger charge is 2.36. The molecule has 0 saturated carbocycles. The Hall–Kier alpha value is -0.610. The molecular weight excluding hydrogens is 120 g/mol. The fourth-order valence-electron chi connectivity index (χ4n) is 0.934. The second kappa shape index (κ2) is 1.68. The standard InChI is InChI=1S/C5H10N2O2/c1-7(2)3-4(8)5(9)6-7/h4,8H,3H2,1-2H3/p+1. The second-order valence-corrected chi connectivity index (χ2v) is 2.86. The lowest BCUT2D eigenvalue weighted by atomic mass is 10.4. The van der Waals surface area contributed by atoms with Gasteiger partial charge in [0.15, 0.2) is 6.10 Å². The van der Waals surface area contributed by atoms with Crippen molar-refractivity contribution in [2.75, 3.05) is 20.6 Å². The quantitative estimate of drug-likeness (QED) is 0.392. The lowest BCUT2D eigenvalue weighted by Gasteiger charge is -2.19. The molecule has 52 valence electrons. The van der Waals surface area contributed by atoms with E-state index in [2.05, 4.69) is 5.43 Å². The zero-order valence-corrected chi connectivity index (χ0v) is 5.59. The van der Waals surface area contributed by atoms with Gasteiger partial charge in [0.2, 0.25) is 0 Å². The number of likely N-dealkylation sites (N-methyl/N-ethyl adjacent to an activating group) is 1. The third-order valence-electron chi connectivity index (χ3n) is 1.34. The van der Waals surface area contributed by atoms with Crippen LogP contribution in [0.2, 0.25) is 0 Å². The van der Waals surface area contributed by atoms with E-state index in [1.807, 2.05) is 14.1 Å². The SMILES string of the molecule is C[N+]1(C)CC(O)C(=O)N1. The molecule has 0 aromatic carbocycles. The van der Waals surface area contributed by atoms with Crippen LogP contribution >= 0.6 is 0 Å². The Balaban J connectivity index is 2.65. The predicted molar refractivity (Wildman–Crippen MR) is 31.1 cm³/mol. The number of nitrogens with one attached hydrogen (secondary N) is 1. The molecule has 1 atom stereocenters. The molecule has 1 aliphatic heterocycles. The van der Waals surface area contributed by atoms with Crippen LogP contribution in [-0.4, -0.2) is 42.3 Å². The molecule has 0 radical (unpaired) electrons. The van der Waals surface area contributed by atoms with Crippen molar-refractivity contribution in [3.05, 3.63) is 0 Å². The van der Waals surface area contributed by atoms with Gasteiger partial charge in [0.1, 0.15) is 6.54 Å². The fraction of sp³-hybridized carbons (Fsp3) is 0.800. The number of aliphatic hydroxyl groups excluding tert-OH is 1. The van der Waals surface area contributed by atoms with Gasteiger partial charge in [0.05, 0.1) is 14.1 Å². The van der Waals surface area contributed by atoms with E-state index < -0.39 is 6.10 Å². The van der Waals surface area contributed by atoms with E-state index in [1.54, 1.807) is 0 Å². The van der Waals surface area contributed by atoms with Crippen LogP contribution in [0.3, 0.4) is 0 Å². The molecular formula is C5H11N2O2+. The van der Waals surface area contributed by atoms with Gasteiger partial charge in [-0.15, -0.1) is 0 Å². The maximum Gasteiger partial charge on any atom is 0.299 e. The summed E-state index contributed by atoms with van der Waals surface area (Å²) in [7, 11) is 3.66. The van der Waals surface area contributed by atoms with Gasteiger partial charge in [0, 0.05) is 0 Å². The number of hydrogen-bond acceptors (Lipinski definition) is 2. The molecule has 1 heterocycles. The minimum absolute atomic E-state index is 0.278. The van der Waals surface area contributed by atoms with Crippen LogP contribution in [0.4, 0.5) is 0 Å². The molecule has 2 N–H and O–H groups in total. The average Bonchev–Trinajstić information content (AvgIpc) is 1.79. The van der Waals surface area contributed by atoms with Gasteiger partial charge in [-0.2, -0.15) is 5.43 Å². The first-order chi connectivity index (χ1) is 4.01. The molecule has 1 saturated heterocycles. The van der Waals surface area contributed by atoms with Crippen molar-refractivity contribution < 1.29 is 14.5 Å². The molecule has 9 heavy (non-hydrogen) atoms. The third-order valence-corrected chi connectivity index (χ3v) is 1.34. The van der Waals surface area contributed by atoms with E-state index >= 15 is 0 Å². The van der Waals surface area contributed by atoms with Crippen LogP contribution in [0.5, 0.6) is 0 Å². The van der Waals surface area contributed by atoms with Crippen LogP contribution in [0.1, 0.15) is 0 Å². The van der Waals surface area contributed by atoms with Crippen molar-refractivity contribution in [3.63, 3.8) is 0 Å². The zero-order valence-electron chi connectivity index (χ0n) is 5.59. The molecule has 1 unspecified atom stereocenters. The molecule has 0 spiro atoms. The van der Waals surface area contributed by atoms with E-state index in [-0.39, 0.29) is 5.91 Å². The van der Waals surface area contributed by atoms with Crippen LogP contribution in [-0.2, 0) is 4.79 Å². The molecule has 4 heteroatoms.